The zero-order valence-electron chi connectivity index (χ0n) is 12.6. The normalized spacial score (nSPS) is 12.6. The number of carbonyl (C=O) groups is 1. The fourth-order valence-corrected chi connectivity index (χ4v) is 1.79. The van der Waals surface area contributed by atoms with E-state index in [0.717, 1.165) is 17.7 Å². The maximum Gasteiger partial charge on any atom is 0.186 e. The van der Waals surface area contributed by atoms with E-state index in [0.29, 0.717) is 5.69 Å². The number of carbonyl (C=O) groups excluding carboxylic acids is 1. The van der Waals surface area contributed by atoms with Gasteiger partial charge in [0.1, 0.15) is 12.0 Å². The van der Waals surface area contributed by atoms with Crippen LogP contribution in [0.5, 0.6) is 0 Å². The minimum atomic E-state index is -0.409. The molecule has 0 aliphatic heterocycles. The number of rotatable bonds is 2. The summed E-state index contributed by atoms with van der Waals surface area (Å²) in [7, 11) is 0. The van der Waals surface area contributed by atoms with E-state index in [-0.39, 0.29) is 11.2 Å². The van der Waals surface area contributed by atoms with E-state index in [1.54, 1.807) is 0 Å². The van der Waals surface area contributed by atoms with Crippen LogP contribution in [0.3, 0.4) is 0 Å². The lowest BCUT2D eigenvalue weighted by Gasteiger charge is -2.23. The summed E-state index contributed by atoms with van der Waals surface area (Å²) < 4.78 is 0. The fourth-order valence-electron chi connectivity index (χ4n) is 1.79. The maximum atomic E-state index is 12.4. The summed E-state index contributed by atoms with van der Waals surface area (Å²) in [5, 5.41) is 0. The molecule has 0 amide bonds. The molecule has 0 aliphatic rings. The zero-order valence-corrected chi connectivity index (χ0v) is 12.6. The number of aryl methyl sites for hydroxylation is 1. The molecule has 0 saturated carbocycles. The van der Waals surface area contributed by atoms with E-state index < -0.39 is 5.41 Å². The molecule has 0 radical (unpaired) electrons. The van der Waals surface area contributed by atoms with Crippen LogP contribution in [-0.4, -0.2) is 15.8 Å². The van der Waals surface area contributed by atoms with Crippen molar-refractivity contribution in [2.24, 2.45) is 10.8 Å². The molecule has 1 aromatic heterocycles. The van der Waals surface area contributed by atoms with Crippen molar-refractivity contribution in [1.82, 2.24) is 9.97 Å². The van der Waals surface area contributed by atoms with Gasteiger partial charge in [0.2, 0.25) is 0 Å². The van der Waals surface area contributed by atoms with Gasteiger partial charge in [0.25, 0.3) is 0 Å². The van der Waals surface area contributed by atoms with Gasteiger partial charge >= 0.3 is 0 Å². The number of hydrogen-bond donors (Lipinski definition) is 0. The number of aromatic nitrogens is 2. The second-order valence-corrected chi connectivity index (χ2v) is 7.10. The second kappa shape index (κ2) is 4.79. The predicted octanol–water partition coefficient (Wildman–Crippen LogP) is 3.60. The van der Waals surface area contributed by atoms with Crippen LogP contribution in [0.1, 0.15) is 63.3 Å². The highest BCUT2D eigenvalue weighted by atomic mass is 16.1. The number of hydrogen-bond acceptors (Lipinski definition) is 3. The average Bonchev–Trinajstić information content (AvgIpc) is 2.17. The van der Waals surface area contributed by atoms with Gasteiger partial charge in [-0.05, 0) is 18.8 Å². The molecule has 0 fully saturated rings. The maximum absolute atomic E-state index is 12.4. The molecule has 3 nitrogen and oxygen atoms in total. The quantitative estimate of drug-likeness (QED) is 0.751. The summed E-state index contributed by atoms with van der Waals surface area (Å²) in [6, 6.07) is 0. The van der Waals surface area contributed by atoms with Crippen molar-refractivity contribution in [2.75, 3.05) is 0 Å². The Morgan fingerprint density at radius 2 is 1.67 bits per heavy atom. The number of nitrogens with zero attached hydrogens (tertiary/aromatic N) is 2. The molecule has 18 heavy (non-hydrogen) atoms. The molecule has 0 bridgehead atoms. The molecular weight excluding hydrogens is 224 g/mol. The van der Waals surface area contributed by atoms with Crippen molar-refractivity contribution in [3.05, 3.63) is 23.3 Å². The van der Waals surface area contributed by atoms with Gasteiger partial charge < -0.3 is 0 Å². The highest BCUT2D eigenvalue weighted by Gasteiger charge is 2.28. The van der Waals surface area contributed by atoms with Gasteiger partial charge in [-0.25, -0.2) is 9.97 Å². The van der Waals surface area contributed by atoms with E-state index in [9.17, 15) is 4.79 Å². The van der Waals surface area contributed by atoms with Gasteiger partial charge in [-0.1, -0.05) is 41.5 Å². The van der Waals surface area contributed by atoms with Gasteiger partial charge in [0.15, 0.2) is 5.78 Å². The molecule has 1 heterocycles. The molecule has 0 atom stereocenters. The number of Topliss-reactive ketones (excluding diaryl/α,β-unsaturated/α-hetero) is 1. The molecule has 1 rings (SSSR count). The topological polar surface area (TPSA) is 42.9 Å². The van der Waals surface area contributed by atoms with Crippen molar-refractivity contribution in [3.8, 4) is 0 Å². The van der Waals surface area contributed by atoms with Gasteiger partial charge in [-0.15, -0.1) is 0 Å². The summed E-state index contributed by atoms with van der Waals surface area (Å²) in [6.07, 6.45) is 2.30. The third kappa shape index (κ3) is 3.62. The Morgan fingerprint density at radius 1 is 1.11 bits per heavy atom. The minimum Gasteiger partial charge on any atom is -0.292 e. The fraction of sp³-hybridized carbons (Fsp3) is 0.667. The van der Waals surface area contributed by atoms with Crippen LogP contribution in [0, 0.1) is 17.8 Å². The van der Waals surface area contributed by atoms with E-state index in [1.165, 1.54) is 6.33 Å². The van der Waals surface area contributed by atoms with Crippen molar-refractivity contribution in [2.45, 2.75) is 54.9 Å². The molecule has 0 N–H and O–H groups in total. The van der Waals surface area contributed by atoms with Crippen LogP contribution in [0.25, 0.3) is 0 Å². The Labute approximate surface area is 110 Å². The van der Waals surface area contributed by atoms with Crippen molar-refractivity contribution >= 4 is 5.78 Å². The van der Waals surface area contributed by atoms with Gasteiger partial charge in [-0.3, -0.25) is 4.79 Å². The van der Waals surface area contributed by atoms with Crippen molar-refractivity contribution < 1.29 is 4.79 Å². The van der Waals surface area contributed by atoms with Crippen LogP contribution < -0.4 is 0 Å². The Balaban J connectivity index is 3.29. The van der Waals surface area contributed by atoms with Crippen LogP contribution in [-0.2, 0) is 6.42 Å². The number of ketones is 1. The van der Waals surface area contributed by atoms with Crippen molar-refractivity contribution in [3.63, 3.8) is 0 Å². The minimum absolute atomic E-state index is 0.0900. The Hall–Kier alpha value is -1.25. The van der Waals surface area contributed by atoms with Gasteiger partial charge in [0.05, 0.1) is 0 Å². The van der Waals surface area contributed by atoms with Crippen LogP contribution >= 0.6 is 0 Å². The Bertz CT molecular complexity index is 451. The summed E-state index contributed by atoms with van der Waals surface area (Å²) in [5.41, 5.74) is 2.19. The SMILES string of the molecule is Cc1ncnc(C(=O)C(C)(C)C)c1CC(C)(C)C. The first-order chi connectivity index (χ1) is 8.02. The molecule has 1 aromatic rings. The highest BCUT2D eigenvalue weighted by molar-refractivity contribution is 5.99. The molecule has 0 aromatic carbocycles. The van der Waals surface area contributed by atoms with E-state index >= 15 is 0 Å². The zero-order chi connectivity index (χ0) is 14.1. The molecule has 0 saturated heterocycles. The summed E-state index contributed by atoms with van der Waals surface area (Å²) in [5.74, 6) is 0.0900. The molecular formula is C15H24N2O. The third-order valence-electron chi connectivity index (χ3n) is 2.76. The van der Waals surface area contributed by atoms with Gasteiger partial charge in [-0.2, -0.15) is 0 Å². The average molecular weight is 248 g/mol. The lowest BCUT2D eigenvalue weighted by atomic mass is 9.82. The lowest BCUT2D eigenvalue weighted by Crippen LogP contribution is -2.25. The second-order valence-electron chi connectivity index (χ2n) is 7.10. The standard InChI is InChI=1S/C15H24N2O/c1-10-11(8-14(2,3)4)12(17-9-16-10)13(18)15(5,6)7/h9H,8H2,1-7H3. The summed E-state index contributed by atoms with van der Waals surface area (Å²) in [4.78, 5) is 20.9. The first kappa shape index (κ1) is 14.8. The Morgan fingerprint density at radius 3 is 2.11 bits per heavy atom. The third-order valence-corrected chi connectivity index (χ3v) is 2.76. The smallest absolute Gasteiger partial charge is 0.186 e. The van der Waals surface area contributed by atoms with Crippen LogP contribution in [0.4, 0.5) is 0 Å². The van der Waals surface area contributed by atoms with Crippen molar-refractivity contribution in [1.29, 1.82) is 0 Å². The molecule has 0 unspecified atom stereocenters. The molecule has 0 spiro atoms. The molecule has 3 heteroatoms. The van der Waals surface area contributed by atoms with E-state index in [2.05, 4.69) is 30.7 Å². The van der Waals surface area contributed by atoms with E-state index in [4.69, 9.17) is 0 Å². The first-order valence-corrected chi connectivity index (χ1v) is 6.37. The van der Waals surface area contributed by atoms with E-state index in [1.807, 2.05) is 27.7 Å². The Kier molecular flexibility index (Phi) is 3.94. The summed E-state index contributed by atoms with van der Waals surface area (Å²) >= 11 is 0. The van der Waals surface area contributed by atoms with Gasteiger partial charge in [0, 0.05) is 16.7 Å². The summed E-state index contributed by atoms with van der Waals surface area (Å²) in [6.45, 7) is 14.2. The monoisotopic (exact) mass is 248 g/mol. The van der Waals surface area contributed by atoms with Crippen LogP contribution in [0.15, 0.2) is 6.33 Å². The lowest BCUT2D eigenvalue weighted by molar-refractivity contribution is 0.0851. The van der Waals surface area contributed by atoms with Crippen LogP contribution in [0.2, 0.25) is 0 Å². The molecule has 0 aliphatic carbocycles. The predicted molar refractivity (Wildman–Crippen MR) is 73.7 cm³/mol. The highest BCUT2D eigenvalue weighted by Crippen LogP contribution is 2.27. The molecule has 100 valence electrons. The first-order valence-electron chi connectivity index (χ1n) is 6.37. The largest absolute Gasteiger partial charge is 0.292 e.